The molecule has 2 nitrogen and oxygen atoms in total. The lowest BCUT2D eigenvalue weighted by atomic mass is 10.0. The van der Waals surface area contributed by atoms with Crippen LogP contribution in [-0.4, -0.2) is 0 Å². The smallest absolute Gasteiger partial charge is 0.130 e. The average Bonchev–Trinajstić information content (AvgIpc) is 3.25. The average molecular weight is 781 g/mol. The Morgan fingerprint density at radius 2 is 0.983 bits per heavy atom. The van der Waals surface area contributed by atoms with Crippen LogP contribution in [0.2, 0.25) is 0 Å². The van der Waals surface area contributed by atoms with Crippen molar-refractivity contribution < 1.29 is 9.47 Å². The predicted molar refractivity (Wildman–Crippen MR) is 259 cm³/mol. The van der Waals surface area contributed by atoms with Crippen LogP contribution >= 0.6 is 0 Å². The van der Waals surface area contributed by atoms with E-state index >= 15 is 0 Å². The van der Waals surface area contributed by atoms with Crippen LogP contribution in [-0.2, 0) is 4.74 Å². The van der Waals surface area contributed by atoms with Gasteiger partial charge in [-0.15, -0.1) is 6.58 Å². The molecule has 1 aliphatic carbocycles. The van der Waals surface area contributed by atoms with E-state index in [9.17, 15) is 0 Å². The molecule has 1 atom stereocenters. The Balaban J connectivity index is 0.000000764. The second-order valence-corrected chi connectivity index (χ2v) is 13.5. The summed E-state index contributed by atoms with van der Waals surface area (Å²) < 4.78 is 11.9. The maximum absolute atomic E-state index is 6.08. The van der Waals surface area contributed by atoms with Crippen molar-refractivity contribution in [3.63, 3.8) is 0 Å². The number of ether oxygens (including phenoxy) is 2. The van der Waals surface area contributed by atoms with Crippen LogP contribution in [0.25, 0.3) is 5.76 Å². The third kappa shape index (κ3) is 20.7. The van der Waals surface area contributed by atoms with Gasteiger partial charge in [-0.25, -0.2) is 0 Å². The van der Waals surface area contributed by atoms with Crippen molar-refractivity contribution >= 4 is 5.76 Å². The maximum Gasteiger partial charge on any atom is 0.130 e. The van der Waals surface area contributed by atoms with Gasteiger partial charge in [-0.2, -0.15) is 0 Å². The van der Waals surface area contributed by atoms with Crippen LogP contribution in [0.3, 0.4) is 0 Å². The topological polar surface area (TPSA) is 18.5 Å². The molecule has 2 heteroatoms. The zero-order valence-electron chi connectivity index (χ0n) is 38.7. The number of aryl methyl sites for hydroxylation is 6. The number of hydrogen-bond donors (Lipinski definition) is 0. The Morgan fingerprint density at radius 3 is 1.34 bits per heavy atom. The Labute approximate surface area is 356 Å². The molecule has 0 aliphatic heterocycles. The fourth-order valence-electron chi connectivity index (χ4n) is 5.19. The van der Waals surface area contributed by atoms with Gasteiger partial charge in [-0.1, -0.05) is 198 Å². The highest BCUT2D eigenvalue weighted by atomic mass is 16.5. The van der Waals surface area contributed by atoms with Crippen LogP contribution in [0.5, 0.6) is 11.5 Å². The van der Waals surface area contributed by atoms with E-state index in [2.05, 4.69) is 128 Å². The highest BCUT2D eigenvalue weighted by molar-refractivity contribution is 5.58. The first kappa shape index (κ1) is 52.7. The van der Waals surface area contributed by atoms with Gasteiger partial charge in [0.25, 0.3) is 0 Å². The van der Waals surface area contributed by atoms with Crippen molar-refractivity contribution in [1.82, 2.24) is 0 Å². The molecule has 5 aromatic carbocycles. The molecule has 0 heterocycles. The molecule has 0 amide bonds. The largest absolute Gasteiger partial charge is 0.485 e. The van der Waals surface area contributed by atoms with E-state index < -0.39 is 0 Å². The number of benzene rings is 5. The monoisotopic (exact) mass is 781 g/mol. The molecular formula is C56H76O2. The van der Waals surface area contributed by atoms with Crippen LogP contribution in [0, 0.1) is 41.5 Å². The molecule has 6 rings (SSSR count). The van der Waals surface area contributed by atoms with E-state index in [1.807, 2.05) is 122 Å². The van der Waals surface area contributed by atoms with E-state index in [4.69, 9.17) is 9.47 Å². The molecule has 0 bridgehead atoms. The SMILES string of the molecule is C=CCC(OC(=C)c1ccc(C)cc1)c1ccc(C)cc1.CC.CC.CC.CC1=C(C)CCC=C1.Cc1ccccc1C.Cc1ccccc1Oc1ccccc1C. The normalized spacial score (nSPS) is 11.1. The third-order valence-corrected chi connectivity index (χ3v) is 9.05. The highest BCUT2D eigenvalue weighted by Crippen LogP contribution is 2.29. The zero-order chi connectivity index (χ0) is 43.9. The lowest BCUT2D eigenvalue weighted by Gasteiger charge is -2.20. The van der Waals surface area contributed by atoms with E-state index in [1.54, 1.807) is 5.57 Å². The standard InChI is InChI=1S/C20H22O.C14H14O.C8H12.C8H10.3C2H6/c1-5-6-20(19-13-9-16(3)10-14-19)21-17(4)18-11-7-15(2)8-12-18;1-11-7-3-5-9-13(11)15-14-10-6-4-8-12(14)2;2*1-7-5-3-4-6-8(7)2;3*1-2/h5,7-14,20H,1,4,6H2,2-3H3;3-10H,1-2H3;3,5H,4,6H2,1-2H3;3-6H,1-2H3;3*1-2H3. The number of rotatable bonds is 8. The van der Waals surface area contributed by atoms with Gasteiger partial charge in [-0.05, 0) is 108 Å². The summed E-state index contributed by atoms with van der Waals surface area (Å²) in [6.07, 6.45) is 9.55. The highest BCUT2D eigenvalue weighted by Gasteiger charge is 2.13. The molecule has 0 N–H and O–H groups in total. The molecule has 58 heavy (non-hydrogen) atoms. The van der Waals surface area contributed by atoms with Gasteiger partial charge in [0.05, 0.1) is 0 Å². The molecule has 0 spiro atoms. The van der Waals surface area contributed by atoms with Crippen LogP contribution in [0.15, 0.2) is 164 Å². The van der Waals surface area contributed by atoms with Crippen molar-refractivity contribution in [2.75, 3.05) is 0 Å². The lowest BCUT2D eigenvalue weighted by Crippen LogP contribution is -2.03. The minimum absolute atomic E-state index is 0.0445. The zero-order valence-corrected chi connectivity index (χ0v) is 38.7. The molecular weight excluding hydrogens is 705 g/mol. The Kier molecular flexibility index (Phi) is 28.8. The molecule has 312 valence electrons. The van der Waals surface area contributed by atoms with E-state index in [-0.39, 0.29) is 6.10 Å². The molecule has 1 unspecified atom stereocenters. The summed E-state index contributed by atoms with van der Waals surface area (Å²) >= 11 is 0. The van der Waals surface area contributed by atoms with Gasteiger partial charge in [0, 0.05) is 12.0 Å². The molecule has 1 aliphatic rings. The summed E-state index contributed by atoms with van der Waals surface area (Å²) in [5.74, 6) is 2.54. The summed E-state index contributed by atoms with van der Waals surface area (Å²) in [4.78, 5) is 0. The van der Waals surface area contributed by atoms with Crippen LogP contribution < -0.4 is 4.74 Å². The van der Waals surface area contributed by atoms with Crippen molar-refractivity contribution in [3.05, 3.63) is 208 Å². The van der Waals surface area contributed by atoms with E-state index in [0.29, 0.717) is 5.76 Å². The van der Waals surface area contributed by atoms with Crippen LogP contribution in [0.4, 0.5) is 0 Å². The lowest BCUT2D eigenvalue weighted by molar-refractivity contribution is 0.173. The number of hydrogen-bond acceptors (Lipinski definition) is 2. The summed E-state index contributed by atoms with van der Waals surface area (Å²) in [7, 11) is 0. The van der Waals surface area contributed by atoms with E-state index in [1.165, 1.54) is 40.7 Å². The number of allylic oxidation sites excluding steroid dienone is 4. The summed E-state index contributed by atoms with van der Waals surface area (Å²) in [6, 6.07) is 41.1. The van der Waals surface area contributed by atoms with Gasteiger partial charge >= 0.3 is 0 Å². The van der Waals surface area contributed by atoms with Gasteiger partial charge < -0.3 is 9.47 Å². The Hall–Kier alpha value is -5.34. The minimum Gasteiger partial charge on any atom is -0.485 e. The van der Waals surface area contributed by atoms with Crippen molar-refractivity contribution in [3.8, 4) is 11.5 Å². The molecule has 5 aromatic rings. The van der Waals surface area contributed by atoms with E-state index in [0.717, 1.165) is 40.2 Å². The first-order chi connectivity index (χ1) is 28.0. The van der Waals surface area contributed by atoms with Gasteiger partial charge in [0.2, 0.25) is 0 Å². The molecule has 0 saturated heterocycles. The summed E-state index contributed by atoms with van der Waals surface area (Å²) in [5.41, 5.74) is 12.7. The van der Waals surface area contributed by atoms with Crippen molar-refractivity contribution in [1.29, 1.82) is 0 Å². The van der Waals surface area contributed by atoms with Gasteiger partial charge in [0.15, 0.2) is 0 Å². The van der Waals surface area contributed by atoms with Gasteiger partial charge in [0.1, 0.15) is 23.4 Å². The number of para-hydroxylation sites is 2. The first-order valence-corrected chi connectivity index (χ1v) is 21.2. The molecule has 0 saturated carbocycles. The molecule has 0 aromatic heterocycles. The van der Waals surface area contributed by atoms with Gasteiger partial charge in [-0.3, -0.25) is 0 Å². The summed E-state index contributed by atoms with van der Waals surface area (Å²) in [5, 5.41) is 0. The second kappa shape index (κ2) is 31.7. The molecule has 0 fully saturated rings. The fraction of sp³-hybridized carbons (Fsp3) is 0.321. The third-order valence-electron chi connectivity index (χ3n) is 9.05. The fourth-order valence-corrected chi connectivity index (χ4v) is 5.19. The Morgan fingerprint density at radius 1 is 0.569 bits per heavy atom. The van der Waals surface area contributed by atoms with Crippen LogP contribution in [0.1, 0.15) is 125 Å². The predicted octanol–water partition coefficient (Wildman–Crippen LogP) is 17.8. The Bertz CT molecular complexity index is 1840. The minimum atomic E-state index is -0.0445. The van der Waals surface area contributed by atoms with Crippen molar-refractivity contribution in [2.24, 2.45) is 0 Å². The molecule has 0 radical (unpaired) electrons. The maximum atomic E-state index is 6.08. The summed E-state index contributed by atoms with van der Waals surface area (Å²) in [6.45, 7) is 36.8. The quantitative estimate of drug-likeness (QED) is 0.115. The van der Waals surface area contributed by atoms with Crippen molar-refractivity contribution in [2.45, 2.75) is 122 Å². The second-order valence-electron chi connectivity index (χ2n) is 13.5. The first-order valence-electron chi connectivity index (χ1n) is 21.2.